The van der Waals surface area contributed by atoms with Gasteiger partial charge < -0.3 is 27.6 Å². The first-order valence-corrected chi connectivity index (χ1v) is 7.35. The molecule has 2 N–H and O–H groups in total. The van der Waals surface area contributed by atoms with E-state index in [0.29, 0.717) is 12.4 Å². The van der Waals surface area contributed by atoms with Crippen LogP contribution in [0.2, 0.25) is 0 Å². The number of phenolic OH excluding ortho intramolecular Hbond substituents is 1. The molecule has 0 saturated carbocycles. The number of nitrogens with one attached hydrogen (secondary N) is 1. The van der Waals surface area contributed by atoms with Crippen molar-refractivity contribution in [3.63, 3.8) is 0 Å². The topological polar surface area (TPSA) is 45.4 Å². The maximum absolute atomic E-state index is 9.92. The number of pyridine rings is 1. The average molecular weight is 323 g/mol. The van der Waals surface area contributed by atoms with Crippen LogP contribution in [-0.2, 0) is 11.2 Å². The van der Waals surface area contributed by atoms with Gasteiger partial charge in [-0.05, 0) is 31.0 Å². The molecular formula is C17H23ClN2O2. The standard InChI is InChI=1S/C17H22N2O2.ClH/c1-4-14-8-9-15(11-17(14)20)18-16-7-6-10-19(12-16)13(3)21-5-2;/h6-13,18H,4-5H2,1-3H3;1H. The van der Waals surface area contributed by atoms with Crippen molar-refractivity contribution in [1.29, 1.82) is 0 Å². The van der Waals surface area contributed by atoms with Crippen molar-refractivity contribution in [1.82, 2.24) is 0 Å². The summed E-state index contributed by atoms with van der Waals surface area (Å²) in [5.74, 6) is 0.328. The van der Waals surface area contributed by atoms with Gasteiger partial charge in [0.1, 0.15) is 11.4 Å². The summed E-state index contributed by atoms with van der Waals surface area (Å²) in [6, 6.07) is 9.62. The number of halogens is 1. The molecule has 22 heavy (non-hydrogen) atoms. The summed E-state index contributed by atoms with van der Waals surface area (Å²) < 4.78 is 7.58. The summed E-state index contributed by atoms with van der Waals surface area (Å²) in [6.45, 7) is 6.70. The number of hydrogen-bond acceptors (Lipinski definition) is 3. The van der Waals surface area contributed by atoms with E-state index in [2.05, 4.69) is 5.32 Å². The number of hydrogen-bond donors (Lipinski definition) is 2. The lowest BCUT2D eigenvalue weighted by Crippen LogP contribution is -3.00. The minimum atomic E-state index is -0.00683. The zero-order valence-corrected chi connectivity index (χ0v) is 14.0. The van der Waals surface area contributed by atoms with Gasteiger partial charge in [-0.15, -0.1) is 0 Å². The smallest absolute Gasteiger partial charge is 0.259 e. The number of nitrogens with zero attached hydrogens (tertiary/aromatic N) is 1. The normalized spacial score (nSPS) is 11.6. The van der Waals surface area contributed by atoms with Crippen LogP contribution < -0.4 is 22.3 Å². The molecule has 1 unspecified atom stereocenters. The second kappa shape index (κ2) is 8.61. The molecule has 120 valence electrons. The van der Waals surface area contributed by atoms with Gasteiger partial charge in [0.2, 0.25) is 0 Å². The number of benzene rings is 1. The monoisotopic (exact) mass is 322 g/mol. The Hall–Kier alpha value is -1.78. The van der Waals surface area contributed by atoms with Crippen molar-refractivity contribution in [2.45, 2.75) is 33.4 Å². The number of anilines is 2. The molecule has 1 aromatic carbocycles. The molecule has 1 heterocycles. The maximum Gasteiger partial charge on any atom is 0.259 e. The van der Waals surface area contributed by atoms with Gasteiger partial charge in [-0.25, -0.2) is 0 Å². The Morgan fingerprint density at radius 3 is 2.64 bits per heavy atom. The van der Waals surface area contributed by atoms with Gasteiger partial charge in [0.05, 0.1) is 6.61 Å². The van der Waals surface area contributed by atoms with Crippen LogP contribution >= 0.6 is 0 Å². The van der Waals surface area contributed by atoms with Gasteiger partial charge in [0.15, 0.2) is 12.4 Å². The maximum atomic E-state index is 9.92. The first-order chi connectivity index (χ1) is 10.1. The van der Waals surface area contributed by atoms with Gasteiger partial charge in [-0.3, -0.25) is 0 Å². The van der Waals surface area contributed by atoms with E-state index in [4.69, 9.17) is 4.74 Å². The van der Waals surface area contributed by atoms with Crippen LogP contribution in [0.25, 0.3) is 0 Å². The Labute approximate surface area is 138 Å². The third kappa shape index (κ3) is 4.61. The van der Waals surface area contributed by atoms with E-state index in [9.17, 15) is 5.11 Å². The van der Waals surface area contributed by atoms with Crippen LogP contribution in [0.1, 0.15) is 32.6 Å². The number of aromatic hydroxyl groups is 1. The molecular weight excluding hydrogens is 300 g/mol. The van der Waals surface area contributed by atoms with Gasteiger partial charge in [-0.1, -0.05) is 13.0 Å². The summed E-state index contributed by atoms with van der Waals surface area (Å²) in [6.07, 6.45) is 4.78. The van der Waals surface area contributed by atoms with Crippen molar-refractivity contribution in [3.05, 3.63) is 48.3 Å². The fraction of sp³-hybridized carbons (Fsp3) is 0.353. The Bertz CT molecular complexity index is 605. The number of aromatic nitrogens is 1. The molecule has 0 spiro atoms. The summed E-state index contributed by atoms with van der Waals surface area (Å²) in [5, 5.41) is 13.2. The van der Waals surface area contributed by atoms with E-state index in [1.54, 1.807) is 6.07 Å². The Morgan fingerprint density at radius 1 is 1.23 bits per heavy atom. The highest BCUT2D eigenvalue weighted by Gasteiger charge is 2.12. The van der Waals surface area contributed by atoms with E-state index in [1.807, 2.05) is 62.0 Å². The van der Waals surface area contributed by atoms with E-state index in [0.717, 1.165) is 23.4 Å². The van der Waals surface area contributed by atoms with Crippen LogP contribution in [0.3, 0.4) is 0 Å². The molecule has 0 aliphatic carbocycles. The fourth-order valence-corrected chi connectivity index (χ4v) is 2.23. The molecule has 4 nitrogen and oxygen atoms in total. The van der Waals surface area contributed by atoms with Gasteiger partial charge in [0, 0.05) is 24.7 Å². The molecule has 2 rings (SSSR count). The molecule has 2 aromatic rings. The van der Waals surface area contributed by atoms with E-state index in [-0.39, 0.29) is 18.6 Å². The first kappa shape index (κ1) is 18.3. The highest BCUT2D eigenvalue weighted by molar-refractivity contribution is 5.60. The van der Waals surface area contributed by atoms with Crippen LogP contribution in [0.5, 0.6) is 5.75 Å². The quantitative estimate of drug-likeness (QED) is 0.763. The number of ether oxygens (including phenoxy) is 1. The predicted octanol–water partition coefficient (Wildman–Crippen LogP) is 0.545. The largest absolute Gasteiger partial charge is 1.00 e. The van der Waals surface area contributed by atoms with Gasteiger partial charge in [-0.2, -0.15) is 4.57 Å². The number of phenols is 1. The molecule has 1 aromatic heterocycles. The Morgan fingerprint density at radius 2 is 2.00 bits per heavy atom. The predicted molar refractivity (Wildman–Crippen MR) is 83.7 cm³/mol. The minimum absolute atomic E-state index is 0. The summed E-state index contributed by atoms with van der Waals surface area (Å²) in [5.41, 5.74) is 2.77. The second-order valence-electron chi connectivity index (χ2n) is 4.92. The highest BCUT2D eigenvalue weighted by atomic mass is 35.5. The van der Waals surface area contributed by atoms with Crippen LogP contribution in [-0.4, -0.2) is 11.7 Å². The van der Waals surface area contributed by atoms with Crippen LogP contribution in [0.15, 0.2) is 42.7 Å². The Kier molecular flexibility index (Phi) is 7.15. The van der Waals surface area contributed by atoms with Crippen molar-refractivity contribution >= 4 is 11.4 Å². The van der Waals surface area contributed by atoms with Crippen molar-refractivity contribution < 1.29 is 26.8 Å². The van der Waals surface area contributed by atoms with Crippen molar-refractivity contribution in [2.24, 2.45) is 0 Å². The minimum Gasteiger partial charge on any atom is -1.00 e. The summed E-state index contributed by atoms with van der Waals surface area (Å²) in [7, 11) is 0. The lowest BCUT2D eigenvalue weighted by atomic mass is 10.1. The average Bonchev–Trinajstić information content (AvgIpc) is 2.48. The summed E-state index contributed by atoms with van der Waals surface area (Å²) in [4.78, 5) is 0. The number of rotatable bonds is 6. The lowest BCUT2D eigenvalue weighted by Gasteiger charge is -2.10. The molecule has 0 radical (unpaired) electrons. The van der Waals surface area contributed by atoms with Crippen molar-refractivity contribution in [2.75, 3.05) is 11.9 Å². The third-order valence-corrected chi connectivity index (χ3v) is 3.40. The van der Waals surface area contributed by atoms with E-state index >= 15 is 0 Å². The first-order valence-electron chi connectivity index (χ1n) is 7.35. The summed E-state index contributed by atoms with van der Waals surface area (Å²) >= 11 is 0. The van der Waals surface area contributed by atoms with Crippen LogP contribution in [0.4, 0.5) is 11.4 Å². The molecule has 0 aliphatic rings. The SMILES string of the molecule is CCOC(C)[n+]1cccc(Nc2ccc(CC)c(O)c2)c1.[Cl-]. The zero-order chi connectivity index (χ0) is 15.2. The van der Waals surface area contributed by atoms with Crippen molar-refractivity contribution in [3.8, 4) is 5.75 Å². The molecule has 5 heteroatoms. The van der Waals surface area contributed by atoms with E-state index < -0.39 is 0 Å². The van der Waals surface area contributed by atoms with Gasteiger partial charge in [0.25, 0.3) is 6.23 Å². The highest BCUT2D eigenvalue weighted by Crippen LogP contribution is 2.24. The molecule has 0 amide bonds. The lowest BCUT2D eigenvalue weighted by molar-refractivity contribution is -0.758. The zero-order valence-electron chi connectivity index (χ0n) is 13.2. The fourth-order valence-electron chi connectivity index (χ4n) is 2.23. The molecule has 0 aliphatic heterocycles. The third-order valence-electron chi connectivity index (χ3n) is 3.40. The molecule has 0 bridgehead atoms. The Balaban J connectivity index is 0.00000242. The van der Waals surface area contributed by atoms with Gasteiger partial charge >= 0.3 is 0 Å². The molecule has 0 fully saturated rings. The molecule has 0 saturated heterocycles. The van der Waals surface area contributed by atoms with Crippen LogP contribution in [0, 0.1) is 0 Å². The molecule has 1 atom stereocenters. The van der Waals surface area contributed by atoms with E-state index in [1.165, 1.54) is 0 Å². The number of aryl methyl sites for hydroxylation is 1. The second-order valence-corrected chi connectivity index (χ2v) is 4.92.